The van der Waals surface area contributed by atoms with Crippen molar-refractivity contribution in [2.24, 2.45) is 0 Å². The highest BCUT2D eigenvalue weighted by molar-refractivity contribution is 7.26. The second kappa shape index (κ2) is 10.3. The van der Waals surface area contributed by atoms with E-state index < -0.39 is 173 Å². The van der Waals surface area contributed by atoms with E-state index in [0.29, 0.717) is 0 Å². The molecule has 0 atom stereocenters. The molecule has 5 nitrogen and oxygen atoms in total. The number of nitrogens with zero attached hydrogens (tertiary/aromatic N) is 4. The first-order valence-corrected chi connectivity index (χ1v) is 18.2. The Bertz CT molecular complexity index is 4740. The Kier molecular flexibility index (Phi) is 3.05. The standard InChI is InChI=1S/C49H31BN4OS/c1-49(2,3)28-21-22-40-32(25-28)46-48(55-40)50-33-14-9-18-37-47(33)54(36-17-8-13-30-29-11-4-6-15-34(29)52(37)45(30)36)39-24-27(26-51)23-38(44(39)50)53(46)35-16-10-20-42-43(35)31-12-5-7-19-41(31)56-42/h4-25H,1-3H3/i4D,5D,6D,7D,8D,9D,10D,11D,12D,13D,14D,15D,16D,17D,18D,19D,20D,21D,22D,23D,24D,25D. The van der Waals surface area contributed by atoms with Crippen molar-refractivity contribution >= 4 is 122 Å². The maximum atomic E-state index is 11.2. The molecule has 3 aliphatic heterocycles. The highest BCUT2D eigenvalue weighted by atomic mass is 32.1. The van der Waals surface area contributed by atoms with Gasteiger partial charge >= 0.3 is 0 Å². The Labute approximate surface area is 357 Å². The Hall–Kier alpha value is -6.75. The monoisotopic (exact) mass is 756 g/mol. The number of furan rings is 1. The largest absolute Gasteiger partial charge is 0.468 e. The predicted octanol–water partition coefficient (Wildman–Crippen LogP) is 11.5. The molecule has 0 unspecified atom stereocenters. The topological polar surface area (TPSA) is 48.3 Å². The van der Waals surface area contributed by atoms with E-state index in [1.165, 1.54) is 9.47 Å². The molecule has 6 heterocycles. The van der Waals surface area contributed by atoms with E-state index in [1.54, 1.807) is 20.8 Å². The molecule has 56 heavy (non-hydrogen) atoms. The molecule has 0 radical (unpaired) electrons. The maximum Gasteiger partial charge on any atom is 0.297 e. The number of aromatic nitrogens is 1. The number of nitriles is 1. The zero-order valence-corrected chi connectivity index (χ0v) is 30.0. The van der Waals surface area contributed by atoms with Crippen molar-refractivity contribution in [2.45, 2.75) is 26.2 Å². The minimum Gasteiger partial charge on any atom is -0.468 e. The van der Waals surface area contributed by atoms with Gasteiger partial charge in [0, 0.05) is 47.7 Å². The molecular weight excluding hydrogens is 703 g/mol. The molecule has 0 saturated carbocycles. The van der Waals surface area contributed by atoms with Crippen molar-refractivity contribution in [1.82, 2.24) is 4.57 Å². The van der Waals surface area contributed by atoms with Crippen molar-refractivity contribution in [3.05, 3.63) is 144 Å². The molecule has 3 aromatic heterocycles. The normalized spacial score (nSPS) is 19.4. The summed E-state index contributed by atoms with van der Waals surface area (Å²) in [5, 5.41) is 9.95. The third-order valence-electron chi connectivity index (χ3n) is 10.7. The van der Waals surface area contributed by atoms with E-state index in [-0.39, 0.29) is 92.3 Å². The van der Waals surface area contributed by atoms with Crippen molar-refractivity contribution in [3.63, 3.8) is 0 Å². The number of hydrogen-bond acceptors (Lipinski definition) is 5. The Morgan fingerprint density at radius 3 is 2.20 bits per heavy atom. The van der Waals surface area contributed by atoms with Gasteiger partial charge in [-0.15, -0.1) is 11.3 Å². The lowest BCUT2D eigenvalue weighted by molar-refractivity contribution is 0.590. The first-order valence-electron chi connectivity index (χ1n) is 28.4. The summed E-state index contributed by atoms with van der Waals surface area (Å²) >= 11 is 0.726. The molecular formula is C49H31BN4OS. The van der Waals surface area contributed by atoms with Gasteiger partial charge in [-0.3, -0.25) is 0 Å². The molecule has 10 aromatic rings. The van der Waals surface area contributed by atoms with Crippen molar-refractivity contribution in [3.8, 4) is 11.8 Å². The zero-order chi connectivity index (χ0) is 56.3. The summed E-state index contributed by atoms with van der Waals surface area (Å²) in [4.78, 5) is 2.33. The SMILES string of the molecule is [2H]c1c([2H])c2c3c(c1[2H])-n1c4c([2H])c([2H])c([2H])c([2H])c4c4c([2H])c([2H])c([2H])c(c41)N3c1c([2H])c(C#N)c([2H])c3c1B2c1oc2c([2H])c([2H])c(C(C)(C)C)c([2H])c2c1N3c1c([2H])c([2H])c([2H])c2sc3c([2H])c([2H])c([2H])c([2H])c3c12. The van der Waals surface area contributed by atoms with Crippen LogP contribution in [0.25, 0.3) is 58.6 Å². The number of anilines is 6. The van der Waals surface area contributed by atoms with Crippen LogP contribution in [0.1, 0.15) is 62.1 Å². The second-order valence-corrected chi connectivity index (χ2v) is 15.7. The van der Waals surface area contributed by atoms with Gasteiger partial charge in [-0.1, -0.05) is 93.3 Å². The van der Waals surface area contributed by atoms with E-state index in [0.717, 1.165) is 16.2 Å². The summed E-state index contributed by atoms with van der Waals surface area (Å²) < 4.78 is 214. The van der Waals surface area contributed by atoms with Crippen LogP contribution >= 0.6 is 11.3 Å². The lowest BCUT2D eigenvalue weighted by Crippen LogP contribution is -2.61. The molecule has 7 aromatic carbocycles. The van der Waals surface area contributed by atoms with Crippen LogP contribution in [-0.4, -0.2) is 11.3 Å². The first-order chi connectivity index (χ1) is 36.6. The van der Waals surface area contributed by atoms with E-state index in [9.17, 15) is 28.6 Å². The molecule has 0 amide bonds. The summed E-state index contributed by atoms with van der Waals surface area (Å²) in [5.41, 5.74) is -6.21. The van der Waals surface area contributed by atoms with Crippen molar-refractivity contribution in [1.29, 1.82) is 5.26 Å². The smallest absolute Gasteiger partial charge is 0.297 e. The van der Waals surface area contributed by atoms with Crippen LogP contribution < -0.4 is 26.4 Å². The average Bonchev–Trinajstić information content (AvgIpc) is 2.65. The van der Waals surface area contributed by atoms with Crippen LogP contribution in [0.3, 0.4) is 0 Å². The van der Waals surface area contributed by atoms with E-state index >= 15 is 0 Å². The minimum atomic E-state index is -1.72. The van der Waals surface area contributed by atoms with Gasteiger partial charge in [-0.25, -0.2) is 0 Å². The number of para-hydroxylation sites is 3. The molecule has 13 rings (SSSR count). The highest BCUT2D eigenvalue weighted by Gasteiger charge is 2.49. The zero-order valence-electron chi connectivity index (χ0n) is 51.2. The van der Waals surface area contributed by atoms with E-state index in [4.69, 9.17) is 11.3 Å². The molecule has 0 fully saturated rings. The third kappa shape index (κ3) is 3.66. The van der Waals surface area contributed by atoms with Gasteiger partial charge in [0.25, 0.3) is 6.71 Å². The van der Waals surface area contributed by atoms with Gasteiger partial charge < -0.3 is 18.8 Å². The Balaban J connectivity index is 1.35. The molecule has 0 spiro atoms. The van der Waals surface area contributed by atoms with E-state index in [1.807, 2.05) is 6.07 Å². The Morgan fingerprint density at radius 2 is 1.36 bits per heavy atom. The lowest BCUT2D eigenvalue weighted by atomic mass is 9.35. The van der Waals surface area contributed by atoms with E-state index in [2.05, 4.69) is 0 Å². The fourth-order valence-electron chi connectivity index (χ4n) is 8.44. The number of benzene rings is 7. The molecule has 0 aliphatic carbocycles. The second-order valence-electron chi connectivity index (χ2n) is 14.7. The van der Waals surface area contributed by atoms with Gasteiger partial charge in [0.2, 0.25) is 0 Å². The molecule has 3 aliphatic rings. The van der Waals surface area contributed by atoms with Gasteiger partial charge in [-0.2, -0.15) is 5.26 Å². The van der Waals surface area contributed by atoms with Gasteiger partial charge in [-0.05, 0) is 82.3 Å². The summed E-state index contributed by atoms with van der Waals surface area (Å²) in [7, 11) is 0. The average molecular weight is 757 g/mol. The van der Waals surface area contributed by atoms with Gasteiger partial charge in [0.05, 0.1) is 86.9 Å². The maximum absolute atomic E-state index is 11.2. The summed E-state index contributed by atoms with van der Waals surface area (Å²) in [6.45, 7) is 3.37. The molecule has 0 N–H and O–H groups in total. The van der Waals surface area contributed by atoms with Crippen molar-refractivity contribution < 1.29 is 34.6 Å². The van der Waals surface area contributed by atoms with Crippen molar-refractivity contribution in [2.75, 3.05) is 9.80 Å². The molecule has 7 heteroatoms. The van der Waals surface area contributed by atoms with Crippen LogP contribution in [0.4, 0.5) is 34.1 Å². The highest BCUT2D eigenvalue weighted by Crippen LogP contribution is 2.54. The fourth-order valence-corrected chi connectivity index (χ4v) is 9.40. The van der Waals surface area contributed by atoms with Crippen LogP contribution in [0, 0.1) is 11.3 Å². The molecule has 0 bridgehead atoms. The molecule has 0 saturated heterocycles. The summed E-state index contributed by atoms with van der Waals surface area (Å²) in [6.07, 6.45) is 0. The summed E-state index contributed by atoms with van der Waals surface area (Å²) in [5.74, 6) is 0. The number of fused-ring (bicyclic) bond motifs is 14. The third-order valence-corrected chi connectivity index (χ3v) is 11.7. The lowest BCUT2D eigenvalue weighted by Gasteiger charge is -2.44. The van der Waals surface area contributed by atoms with Crippen LogP contribution in [-0.2, 0) is 5.41 Å². The quantitative estimate of drug-likeness (QED) is 0.157. The fraction of sp³-hybridized carbons (Fsp3) is 0.0816. The van der Waals surface area contributed by atoms with Gasteiger partial charge in [0.15, 0.2) is 0 Å². The first kappa shape index (κ1) is 16.5. The molecule has 262 valence electrons. The number of hydrogen-bond donors (Lipinski definition) is 0. The van der Waals surface area contributed by atoms with Crippen LogP contribution in [0.2, 0.25) is 0 Å². The van der Waals surface area contributed by atoms with Gasteiger partial charge in [0.1, 0.15) is 5.58 Å². The predicted molar refractivity (Wildman–Crippen MR) is 234 cm³/mol. The Morgan fingerprint density at radius 1 is 0.661 bits per heavy atom. The number of rotatable bonds is 1. The summed E-state index contributed by atoms with van der Waals surface area (Å²) in [6, 6.07) is -12.7. The minimum absolute atomic E-state index is 0.0161. The number of thiophene rings is 1. The van der Waals surface area contributed by atoms with Crippen LogP contribution in [0.5, 0.6) is 0 Å². The van der Waals surface area contributed by atoms with Crippen LogP contribution in [0.15, 0.2) is 137 Å².